The molecule has 1 aromatic heterocycles. The number of para-hydroxylation sites is 1. The lowest BCUT2D eigenvalue weighted by atomic mass is 10.1. The highest BCUT2D eigenvalue weighted by Gasteiger charge is 1.97. The van der Waals surface area contributed by atoms with Crippen LogP contribution < -0.4 is 0 Å². The first kappa shape index (κ1) is 25.7. The first-order valence-electron chi connectivity index (χ1n) is 12.9. The van der Waals surface area contributed by atoms with Gasteiger partial charge in [-0.15, -0.1) is 0 Å². The molecule has 1 heterocycles. The Morgan fingerprint density at radius 1 is 0.688 bits per heavy atom. The van der Waals surface area contributed by atoms with Gasteiger partial charge in [0, 0.05) is 18.2 Å². The standard InChI is InChI=1S/C31H41N/c1-3-5-7-9-11-13-15-17-21-28(22-18-16-14-12-10-8-6-4-2)27-30-26-25-29-23-19-20-24-31(29)32-30/h19-20,23-27H,3-16H2,1-2H3. The highest BCUT2D eigenvalue weighted by molar-refractivity contribution is 5.80. The molecule has 1 nitrogen and oxygen atoms in total. The van der Waals surface area contributed by atoms with Crippen molar-refractivity contribution < 1.29 is 0 Å². The molecule has 1 aromatic carbocycles. The van der Waals surface area contributed by atoms with Gasteiger partial charge in [0.2, 0.25) is 0 Å². The van der Waals surface area contributed by atoms with Crippen molar-refractivity contribution in [1.82, 2.24) is 4.98 Å². The molecule has 0 radical (unpaired) electrons. The monoisotopic (exact) mass is 427 g/mol. The van der Waals surface area contributed by atoms with Crippen molar-refractivity contribution in [2.75, 3.05) is 0 Å². The molecule has 0 saturated carbocycles. The van der Waals surface area contributed by atoms with E-state index in [1.54, 1.807) is 0 Å². The highest BCUT2D eigenvalue weighted by atomic mass is 14.7. The van der Waals surface area contributed by atoms with Gasteiger partial charge in [-0.05, 0) is 31.1 Å². The van der Waals surface area contributed by atoms with E-state index < -0.39 is 0 Å². The Morgan fingerprint density at radius 2 is 1.25 bits per heavy atom. The topological polar surface area (TPSA) is 12.9 Å². The van der Waals surface area contributed by atoms with Crippen molar-refractivity contribution in [1.29, 1.82) is 0 Å². The summed E-state index contributed by atoms with van der Waals surface area (Å²) in [4.78, 5) is 4.78. The lowest BCUT2D eigenvalue weighted by Gasteiger charge is -1.99. The van der Waals surface area contributed by atoms with Crippen molar-refractivity contribution >= 4 is 17.0 Å². The number of nitrogens with zero attached hydrogens (tertiary/aromatic N) is 1. The number of allylic oxidation sites excluding steroid dienone is 1. The Morgan fingerprint density at radius 3 is 1.88 bits per heavy atom. The molecule has 2 aromatic rings. The molecule has 0 atom stereocenters. The second kappa shape index (κ2) is 17.1. The Kier molecular flexibility index (Phi) is 13.8. The second-order valence-electron chi connectivity index (χ2n) is 8.63. The summed E-state index contributed by atoms with van der Waals surface area (Å²) in [5.74, 6) is 13.4. The smallest absolute Gasteiger partial charge is 0.0765 e. The molecule has 0 aliphatic rings. The van der Waals surface area contributed by atoms with E-state index in [9.17, 15) is 0 Å². The van der Waals surface area contributed by atoms with Crippen molar-refractivity contribution in [3.8, 4) is 23.7 Å². The van der Waals surface area contributed by atoms with Gasteiger partial charge < -0.3 is 0 Å². The summed E-state index contributed by atoms with van der Waals surface area (Å²) in [7, 11) is 0. The number of unbranched alkanes of at least 4 members (excludes halogenated alkanes) is 12. The Balaban J connectivity index is 1.97. The van der Waals surface area contributed by atoms with E-state index >= 15 is 0 Å². The second-order valence-corrected chi connectivity index (χ2v) is 8.63. The highest BCUT2D eigenvalue weighted by Crippen LogP contribution is 2.14. The van der Waals surface area contributed by atoms with Gasteiger partial charge >= 0.3 is 0 Å². The number of benzene rings is 1. The third-order valence-corrected chi connectivity index (χ3v) is 5.67. The van der Waals surface area contributed by atoms with Crippen LogP contribution in [0.15, 0.2) is 42.0 Å². The zero-order valence-corrected chi connectivity index (χ0v) is 20.4. The van der Waals surface area contributed by atoms with Gasteiger partial charge in [-0.25, -0.2) is 4.98 Å². The molecule has 0 amide bonds. The molecule has 0 fully saturated rings. The van der Waals surface area contributed by atoms with E-state index in [-0.39, 0.29) is 0 Å². The molecule has 1 heteroatoms. The van der Waals surface area contributed by atoms with Crippen LogP contribution in [0, 0.1) is 23.7 Å². The maximum Gasteiger partial charge on any atom is 0.0765 e. The lowest BCUT2D eigenvalue weighted by Crippen LogP contribution is -1.85. The van der Waals surface area contributed by atoms with Crippen LogP contribution in [0.3, 0.4) is 0 Å². The average Bonchev–Trinajstić information content (AvgIpc) is 2.82. The normalized spacial score (nSPS) is 10.2. The van der Waals surface area contributed by atoms with Crippen LogP contribution in [-0.4, -0.2) is 4.98 Å². The molecule has 170 valence electrons. The van der Waals surface area contributed by atoms with Gasteiger partial charge in [-0.3, -0.25) is 0 Å². The summed E-state index contributed by atoms with van der Waals surface area (Å²) in [6, 6.07) is 12.4. The van der Waals surface area contributed by atoms with E-state index in [0.717, 1.165) is 35.0 Å². The number of hydrogen-bond donors (Lipinski definition) is 0. The van der Waals surface area contributed by atoms with E-state index in [2.05, 4.69) is 67.9 Å². The molecular formula is C31H41N. The molecule has 0 aliphatic carbocycles. The number of hydrogen-bond acceptors (Lipinski definition) is 1. The van der Waals surface area contributed by atoms with Crippen molar-refractivity contribution in [3.63, 3.8) is 0 Å². The summed E-state index contributed by atoms with van der Waals surface area (Å²) in [5, 5.41) is 1.16. The van der Waals surface area contributed by atoms with Gasteiger partial charge in [0.05, 0.1) is 16.8 Å². The molecule has 0 unspecified atom stereocenters. The minimum absolute atomic E-state index is 0.893. The molecule has 0 saturated heterocycles. The summed E-state index contributed by atoms with van der Waals surface area (Å²) in [5.41, 5.74) is 2.84. The minimum Gasteiger partial charge on any atom is -0.248 e. The molecule has 0 spiro atoms. The summed E-state index contributed by atoms with van der Waals surface area (Å²) in [6.45, 7) is 4.52. The largest absolute Gasteiger partial charge is 0.248 e. The van der Waals surface area contributed by atoms with Gasteiger partial charge in [0.1, 0.15) is 0 Å². The third kappa shape index (κ3) is 11.2. The maximum atomic E-state index is 4.78. The van der Waals surface area contributed by atoms with Gasteiger partial charge in [0.15, 0.2) is 0 Å². The number of rotatable bonds is 13. The van der Waals surface area contributed by atoms with Crippen LogP contribution in [-0.2, 0) is 0 Å². The number of aromatic nitrogens is 1. The molecule has 0 aliphatic heterocycles. The molecule has 2 rings (SSSR count). The van der Waals surface area contributed by atoms with Crippen LogP contribution >= 0.6 is 0 Å². The fourth-order valence-corrected chi connectivity index (χ4v) is 3.72. The fourth-order valence-electron chi connectivity index (χ4n) is 3.72. The summed E-state index contributed by atoms with van der Waals surface area (Å²) >= 11 is 0. The van der Waals surface area contributed by atoms with Crippen LogP contribution in [0.5, 0.6) is 0 Å². The number of fused-ring (bicyclic) bond motifs is 1. The SMILES string of the molecule is CCCCCCCCC#CC(C#CCCCCCCCC)=Cc1ccc2ccccc2n1. The van der Waals surface area contributed by atoms with E-state index in [4.69, 9.17) is 4.98 Å². The fraction of sp³-hybridized carbons (Fsp3) is 0.516. The lowest BCUT2D eigenvalue weighted by molar-refractivity contribution is 0.614. The zero-order chi connectivity index (χ0) is 22.7. The molecular weight excluding hydrogens is 386 g/mol. The zero-order valence-electron chi connectivity index (χ0n) is 20.4. The predicted octanol–water partition coefficient (Wildman–Crippen LogP) is 9.13. The Bertz CT molecular complexity index is 893. The van der Waals surface area contributed by atoms with Gasteiger partial charge in [-0.2, -0.15) is 0 Å². The quantitative estimate of drug-likeness (QED) is 0.229. The third-order valence-electron chi connectivity index (χ3n) is 5.67. The van der Waals surface area contributed by atoms with Crippen LogP contribution in [0.4, 0.5) is 0 Å². The Labute approximate surface area is 197 Å². The molecule has 32 heavy (non-hydrogen) atoms. The van der Waals surface area contributed by atoms with E-state index in [1.165, 1.54) is 77.0 Å². The van der Waals surface area contributed by atoms with Crippen molar-refractivity contribution in [2.45, 2.75) is 104 Å². The van der Waals surface area contributed by atoms with Crippen LogP contribution in [0.2, 0.25) is 0 Å². The average molecular weight is 428 g/mol. The van der Waals surface area contributed by atoms with E-state index in [0.29, 0.717) is 0 Å². The first-order chi connectivity index (χ1) is 15.8. The van der Waals surface area contributed by atoms with Crippen LogP contribution in [0.1, 0.15) is 109 Å². The van der Waals surface area contributed by atoms with Crippen molar-refractivity contribution in [2.24, 2.45) is 0 Å². The maximum absolute atomic E-state index is 4.78. The van der Waals surface area contributed by atoms with E-state index in [1.807, 2.05) is 12.1 Å². The molecule has 0 bridgehead atoms. The summed E-state index contributed by atoms with van der Waals surface area (Å²) < 4.78 is 0. The van der Waals surface area contributed by atoms with Crippen molar-refractivity contribution in [3.05, 3.63) is 47.7 Å². The van der Waals surface area contributed by atoms with Gasteiger partial charge in [0.25, 0.3) is 0 Å². The molecule has 0 N–H and O–H groups in total. The first-order valence-corrected chi connectivity index (χ1v) is 12.9. The minimum atomic E-state index is 0.893. The predicted molar refractivity (Wildman–Crippen MR) is 141 cm³/mol. The summed E-state index contributed by atoms with van der Waals surface area (Å²) in [6.07, 6.45) is 19.6. The van der Waals surface area contributed by atoms with Crippen LogP contribution in [0.25, 0.3) is 17.0 Å². The number of pyridine rings is 1. The Hall–Kier alpha value is -2.51. The van der Waals surface area contributed by atoms with Gasteiger partial charge in [-0.1, -0.05) is 126 Å².